The molecule has 3 nitrogen and oxygen atoms in total. The highest BCUT2D eigenvalue weighted by Gasteiger charge is 2.24. The second-order valence-electron chi connectivity index (χ2n) is 4.00. The molecule has 15 heavy (non-hydrogen) atoms. The maximum atomic E-state index is 5.80. The van der Waals surface area contributed by atoms with Crippen LogP contribution < -0.4 is 0 Å². The smallest absolute Gasteiger partial charge is 0.0837 e. The summed E-state index contributed by atoms with van der Waals surface area (Å²) in [6.07, 6.45) is 1.29. The zero-order chi connectivity index (χ0) is 11.1. The van der Waals surface area contributed by atoms with Crippen LogP contribution in [0, 0.1) is 0 Å². The number of nitrogens with zero attached hydrogens (tertiary/aromatic N) is 1. The summed E-state index contributed by atoms with van der Waals surface area (Å²) >= 11 is 5.80. The number of halogens is 1. The minimum atomic E-state index is 0.204. The third-order valence-electron chi connectivity index (χ3n) is 2.74. The Labute approximate surface area is 97.7 Å². The normalized spacial score (nSPS) is 28.2. The van der Waals surface area contributed by atoms with Crippen molar-refractivity contribution in [1.82, 2.24) is 4.90 Å². The fourth-order valence-electron chi connectivity index (χ4n) is 1.79. The van der Waals surface area contributed by atoms with E-state index in [9.17, 15) is 0 Å². The molecule has 0 radical (unpaired) electrons. The Hall–Kier alpha value is 0.170. The summed E-state index contributed by atoms with van der Waals surface area (Å²) in [6, 6.07) is 0.506. The third-order valence-corrected chi connectivity index (χ3v) is 3.09. The summed E-state index contributed by atoms with van der Waals surface area (Å²) in [5.74, 6) is 0.592. The van der Waals surface area contributed by atoms with Crippen molar-refractivity contribution in [2.45, 2.75) is 32.4 Å². The predicted molar refractivity (Wildman–Crippen MR) is 62.6 cm³/mol. The Morgan fingerprint density at radius 2 is 2.33 bits per heavy atom. The van der Waals surface area contributed by atoms with Gasteiger partial charge in [-0.05, 0) is 20.3 Å². The van der Waals surface area contributed by atoms with Gasteiger partial charge >= 0.3 is 0 Å². The van der Waals surface area contributed by atoms with Crippen LogP contribution in [0.5, 0.6) is 0 Å². The van der Waals surface area contributed by atoms with Gasteiger partial charge in [0.25, 0.3) is 0 Å². The van der Waals surface area contributed by atoms with Gasteiger partial charge in [-0.1, -0.05) is 0 Å². The van der Waals surface area contributed by atoms with E-state index in [1.54, 1.807) is 0 Å². The van der Waals surface area contributed by atoms with E-state index in [1.807, 2.05) is 6.92 Å². The second-order valence-corrected chi connectivity index (χ2v) is 4.31. The molecule has 0 aromatic rings. The average Bonchev–Trinajstić information content (AvgIpc) is 2.26. The molecule has 0 aliphatic carbocycles. The minimum Gasteiger partial charge on any atom is -0.382 e. The van der Waals surface area contributed by atoms with Crippen LogP contribution in [0.1, 0.15) is 20.3 Å². The molecule has 2 atom stereocenters. The molecule has 2 unspecified atom stereocenters. The summed E-state index contributed by atoms with van der Waals surface area (Å²) in [5.41, 5.74) is 0. The van der Waals surface area contributed by atoms with Gasteiger partial charge in [0.05, 0.1) is 12.7 Å². The summed E-state index contributed by atoms with van der Waals surface area (Å²) in [7, 11) is 0. The van der Waals surface area contributed by atoms with E-state index in [2.05, 4.69) is 11.8 Å². The van der Waals surface area contributed by atoms with Gasteiger partial charge in [-0.25, -0.2) is 0 Å². The van der Waals surface area contributed by atoms with Crippen LogP contribution in [0.3, 0.4) is 0 Å². The molecule has 0 N–H and O–H groups in total. The maximum Gasteiger partial charge on any atom is 0.0837 e. The first-order valence-electron chi connectivity index (χ1n) is 5.77. The van der Waals surface area contributed by atoms with Crippen molar-refractivity contribution < 1.29 is 9.47 Å². The number of alkyl halides is 1. The van der Waals surface area contributed by atoms with Gasteiger partial charge in [0.1, 0.15) is 0 Å². The van der Waals surface area contributed by atoms with Crippen molar-refractivity contribution >= 4 is 11.6 Å². The van der Waals surface area contributed by atoms with Gasteiger partial charge in [0, 0.05) is 38.2 Å². The van der Waals surface area contributed by atoms with Crippen LogP contribution in [-0.2, 0) is 9.47 Å². The zero-order valence-electron chi connectivity index (χ0n) is 9.75. The van der Waals surface area contributed by atoms with Crippen LogP contribution in [0.4, 0.5) is 0 Å². The van der Waals surface area contributed by atoms with Crippen molar-refractivity contribution in [3.05, 3.63) is 0 Å². The zero-order valence-corrected chi connectivity index (χ0v) is 10.5. The maximum absolute atomic E-state index is 5.80. The Bertz CT molecular complexity index is 169. The number of rotatable bonds is 6. The summed E-state index contributed by atoms with van der Waals surface area (Å²) in [4.78, 5) is 2.44. The number of hydrogen-bond donors (Lipinski definition) is 0. The number of ether oxygens (including phenoxy) is 2. The fraction of sp³-hybridized carbons (Fsp3) is 1.00. The van der Waals surface area contributed by atoms with Gasteiger partial charge < -0.3 is 9.47 Å². The number of hydrogen-bond acceptors (Lipinski definition) is 3. The molecule has 0 amide bonds. The van der Waals surface area contributed by atoms with Crippen molar-refractivity contribution in [2.75, 3.05) is 38.8 Å². The van der Waals surface area contributed by atoms with Crippen LogP contribution in [-0.4, -0.2) is 55.8 Å². The lowest BCUT2D eigenvalue weighted by atomic mass is 10.2. The van der Waals surface area contributed by atoms with Gasteiger partial charge in [-0.3, -0.25) is 4.90 Å². The van der Waals surface area contributed by atoms with E-state index in [0.717, 1.165) is 39.3 Å². The molecule has 1 aliphatic rings. The molecule has 0 saturated carbocycles. The second kappa shape index (κ2) is 7.44. The molecule has 1 saturated heterocycles. The van der Waals surface area contributed by atoms with E-state index in [1.165, 1.54) is 0 Å². The van der Waals surface area contributed by atoms with Gasteiger partial charge in [0.2, 0.25) is 0 Å². The lowest BCUT2D eigenvalue weighted by Crippen LogP contribution is -2.49. The molecular weight excluding hydrogens is 214 g/mol. The van der Waals surface area contributed by atoms with Crippen LogP contribution in [0.2, 0.25) is 0 Å². The average molecular weight is 236 g/mol. The van der Waals surface area contributed by atoms with E-state index in [4.69, 9.17) is 21.1 Å². The van der Waals surface area contributed by atoms with Gasteiger partial charge in [0.15, 0.2) is 0 Å². The summed E-state index contributed by atoms with van der Waals surface area (Å²) in [5, 5.41) is 0. The lowest BCUT2D eigenvalue weighted by Gasteiger charge is -2.37. The number of morpholine rings is 1. The molecule has 1 heterocycles. The quantitative estimate of drug-likeness (QED) is 0.517. The molecule has 1 rings (SSSR count). The summed E-state index contributed by atoms with van der Waals surface area (Å²) < 4.78 is 10.9. The molecule has 1 fully saturated rings. The summed E-state index contributed by atoms with van der Waals surface area (Å²) in [6.45, 7) is 8.72. The lowest BCUT2D eigenvalue weighted by molar-refractivity contribution is -0.0497. The molecule has 0 aromatic heterocycles. The fourth-order valence-corrected chi connectivity index (χ4v) is 1.98. The van der Waals surface area contributed by atoms with Gasteiger partial charge in [-0.2, -0.15) is 0 Å². The topological polar surface area (TPSA) is 21.7 Å². The Balaban J connectivity index is 2.19. The van der Waals surface area contributed by atoms with Crippen LogP contribution in [0.25, 0.3) is 0 Å². The van der Waals surface area contributed by atoms with Gasteiger partial charge in [-0.15, -0.1) is 11.6 Å². The molecule has 0 bridgehead atoms. The first-order valence-corrected chi connectivity index (χ1v) is 6.30. The Kier molecular flexibility index (Phi) is 6.57. The standard InChI is InChI=1S/C11H22ClNO2/c1-3-14-6-4-5-13-8-11(7-12)15-9-10(13)2/h10-11H,3-9H2,1-2H3. The van der Waals surface area contributed by atoms with E-state index >= 15 is 0 Å². The predicted octanol–water partition coefficient (Wildman–Crippen LogP) is 1.74. The molecule has 90 valence electrons. The first kappa shape index (κ1) is 13.2. The third kappa shape index (κ3) is 4.68. The Morgan fingerprint density at radius 1 is 1.53 bits per heavy atom. The van der Waals surface area contributed by atoms with Crippen molar-refractivity contribution in [3.63, 3.8) is 0 Å². The minimum absolute atomic E-state index is 0.204. The molecule has 4 heteroatoms. The molecular formula is C11H22ClNO2. The Morgan fingerprint density at radius 3 is 3.00 bits per heavy atom. The van der Waals surface area contributed by atoms with Crippen molar-refractivity contribution in [3.8, 4) is 0 Å². The van der Waals surface area contributed by atoms with Crippen molar-refractivity contribution in [2.24, 2.45) is 0 Å². The van der Waals surface area contributed by atoms with E-state index in [-0.39, 0.29) is 6.10 Å². The molecule has 0 aromatic carbocycles. The van der Waals surface area contributed by atoms with Crippen molar-refractivity contribution in [1.29, 1.82) is 0 Å². The largest absolute Gasteiger partial charge is 0.382 e. The van der Waals surface area contributed by atoms with E-state index in [0.29, 0.717) is 11.9 Å². The molecule has 0 spiro atoms. The van der Waals surface area contributed by atoms with Crippen LogP contribution in [0.15, 0.2) is 0 Å². The highest BCUT2D eigenvalue weighted by atomic mass is 35.5. The van der Waals surface area contributed by atoms with Crippen LogP contribution >= 0.6 is 11.6 Å². The van der Waals surface area contributed by atoms with E-state index < -0.39 is 0 Å². The monoisotopic (exact) mass is 235 g/mol. The SMILES string of the molecule is CCOCCCN1CC(CCl)OCC1C. The highest BCUT2D eigenvalue weighted by Crippen LogP contribution is 2.12. The first-order chi connectivity index (χ1) is 7.27. The highest BCUT2D eigenvalue weighted by molar-refractivity contribution is 6.18. The molecule has 1 aliphatic heterocycles.